The van der Waals surface area contributed by atoms with Gasteiger partial charge < -0.3 is 23.3 Å². The molecule has 0 radical (unpaired) electrons. The van der Waals surface area contributed by atoms with Crippen LogP contribution < -0.4 is 10.3 Å². The SMILES string of the molecule is COC(=O)c1c(OC[C@@H]2CCCCO2)cc(=O)n2c1CCN(Cc1cccn1-c1cccnc1)CC2. The van der Waals surface area contributed by atoms with Crippen LogP contribution >= 0.6 is 0 Å². The fraction of sp³-hybridized carbons (Fsp3) is 0.444. The van der Waals surface area contributed by atoms with Crippen LogP contribution in [-0.2, 0) is 29.0 Å². The van der Waals surface area contributed by atoms with Gasteiger partial charge in [-0.15, -0.1) is 0 Å². The van der Waals surface area contributed by atoms with Crippen LogP contribution in [0.2, 0.25) is 0 Å². The van der Waals surface area contributed by atoms with Crippen molar-refractivity contribution in [1.82, 2.24) is 19.0 Å². The third-order valence-corrected chi connectivity index (χ3v) is 6.92. The Labute approximate surface area is 210 Å². The van der Waals surface area contributed by atoms with Gasteiger partial charge in [-0.2, -0.15) is 0 Å². The average molecular weight is 493 g/mol. The van der Waals surface area contributed by atoms with Crippen LogP contribution in [0.25, 0.3) is 5.69 Å². The van der Waals surface area contributed by atoms with Gasteiger partial charge in [-0.3, -0.25) is 14.7 Å². The number of carbonyl (C=O) groups is 1. The molecule has 5 rings (SSSR count). The second kappa shape index (κ2) is 11.1. The molecule has 2 aliphatic heterocycles. The molecule has 5 heterocycles. The Kier molecular flexibility index (Phi) is 7.48. The zero-order valence-corrected chi connectivity index (χ0v) is 20.6. The molecule has 3 aromatic rings. The molecule has 3 aromatic heterocycles. The Morgan fingerprint density at radius 1 is 1.19 bits per heavy atom. The first kappa shape index (κ1) is 24.3. The van der Waals surface area contributed by atoms with E-state index in [-0.39, 0.29) is 17.4 Å². The summed E-state index contributed by atoms with van der Waals surface area (Å²) in [5, 5.41) is 0. The number of pyridine rings is 2. The molecule has 0 amide bonds. The number of rotatable bonds is 7. The van der Waals surface area contributed by atoms with E-state index in [1.807, 2.05) is 30.6 Å². The Bertz CT molecular complexity index is 1250. The zero-order chi connectivity index (χ0) is 24.9. The molecule has 9 nitrogen and oxygen atoms in total. The van der Waals surface area contributed by atoms with Crippen molar-refractivity contribution in [2.24, 2.45) is 0 Å². The monoisotopic (exact) mass is 492 g/mol. The fourth-order valence-corrected chi connectivity index (χ4v) is 5.03. The van der Waals surface area contributed by atoms with Crippen LogP contribution in [0.15, 0.2) is 53.7 Å². The zero-order valence-electron chi connectivity index (χ0n) is 20.6. The minimum absolute atomic E-state index is 0.0302. The molecule has 36 heavy (non-hydrogen) atoms. The highest BCUT2D eigenvalue weighted by Gasteiger charge is 2.27. The highest BCUT2D eigenvalue weighted by atomic mass is 16.5. The second-order valence-electron chi connectivity index (χ2n) is 9.22. The van der Waals surface area contributed by atoms with Crippen molar-refractivity contribution in [2.45, 2.75) is 44.9 Å². The van der Waals surface area contributed by atoms with E-state index in [4.69, 9.17) is 14.2 Å². The van der Waals surface area contributed by atoms with E-state index >= 15 is 0 Å². The number of methoxy groups -OCH3 is 1. The van der Waals surface area contributed by atoms with Crippen LogP contribution in [0, 0.1) is 0 Å². The van der Waals surface area contributed by atoms with Crippen LogP contribution in [0.5, 0.6) is 5.75 Å². The maximum atomic E-state index is 13.1. The highest BCUT2D eigenvalue weighted by molar-refractivity contribution is 5.93. The van der Waals surface area contributed by atoms with Gasteiger partial charge in [0.15, 0.2) is 0 Å². The number of ether oxygens (including phenoxy) is 3. The molecule has 1 atom stereocenters. The van der Waals surface area contributed by atoms with E-state index in [0.29, 0.717) is 57.1 Å². The summed E-state index contributed by atoms with van der Waals surface area (Å²) in [6.07, 6.45) is 9.17. The summed E-state index contributed by atoms with van der Waals surface area (Å²) in [6.45, 7) is 3.59. The van der Waals surface area contributed by atoms with E-state index in [9.17, 15) is 9.59 Å². The number of hydrogen-bond donors (Lipinski definition) is 0. The molecule has 0 aliphatic carbocycles. The molecule has 0 spiro atoms. The summed E-state index contributed by atoms with van der Waals surface area (Å²) in [5.74, 6) is -0.205. The van der Waals surface area contributed by atoms with Crippen molar-refractivity contribution in [3.05, 3.63) is 76.2 Å². The number of nitrogens with zero attached hydrogens (tertiary/aromatic N) is 4. The van der Waals surface area contributed by atoms with Gasteiger partial charge in [-0.25, -0.2) is 4.79 Å². The van der Waals surface area contributed by atoms with Crippen LogP contribution in [0.3, 0.4) is 0 Å². The lowest BCUT2D eigenvalue weighted by Gasteiger charge is -2.24. The summed E-state index contributed by atoms with van der Waals surface area (Å²) < 4.78 is 20.7. The van der Waals surface area contributed by atoms with Gasteiger partial charge in [0.25, 0.3) is 5.56 Å². The Morgan fingerprint density at radius 2 is 2.11 bits per heavy atom. The van der Waals surface area contributed by atoms with Crippen molar-refractivity contribution in [3.8, 4) is 11.4 Å². The van der Waals surface area contributed by atoms with E-state index in [0.717, 1.165) is 30.6 Å². The Hall–Kier alpha value is -3.43. The first-order chi connectivity index (χ1) is 17.6. The minimum Gasteiger partial charge on any atom is -0.490 e. The molecule has 0 bridgehead atoms. The normalized spacial score (nSPS) is 18.3. The summed E-state index contributed by atoms with van der Waals surface area (Å²) in [7, 11) is 1.36. The number of hydrogen-bond acceptors (Lipinski definition) is 7. The van der Waals surface area contributed by atoms with Gasteiger partial charge in [-0.05, 0) is 43.5 Å². The molecule has 0 saturated carbocycles. The maximum absolute atomic E-state index is 13.1. The van der Waals surface area contributed by atoms with Crippen LogP contribution in [-0.4, -0.2) is 64.5 Å². The van der Waals surface area contributed by atoms with Gasteiger partial charge >= 0.3 is 5.97 Å². The Morgan fingerprint density at radius 3 is 2.89 bits per heavy atom. The van der Waals surface area contributed by atoms with E-state index in [1.54, 1.807) is 10.8 Å². The smallest absolute Gasteiger partial charge is 0.343 e. The van der Waals surface area contributed by atoms with Gasteiger partial charge in [0, 0.05) is 69.1 Å². The lowest BCUT2D eigenvalue weighted by Crippen LogP contribution is -2.30. The summed E-state index contributed by atoms with van der Waals surface area (Å²) in [5.41, 5.74) is 2.97. The number of fused-ring (bicyclic) bond motifs is 1. The van der Waals surface area contributed by atoms with E-state index < -0.39 is 5.97 Å². The molecule has 0 aromatic carbocycles. The largest absolute Gasteiger partial charge is 0.490 e. The van der Waals surface area contributed by atoms with Gasteiger partial charge in [-0.1, -0.05) is 0 Å². The van der Waals surface area contributed by atoms with Crippen LogP contribution in [0.1, 0.15) is 41.0 Å². The molecule has 0 unspecified atom stereocenters. The first-order valence-electron chi connectivity index (χ1n) is 12.5. The van der Waals surface area contributed by atoms with Crippen molar-refractivity contribution in [3.63, 3.8) is 0 Å². The maximum Gasteiger partial charge on any atom is 0.343 e. The van der Waals surface area contributed by atoms with Crippen molar-refractivity contribution >= 4 is 5.97 Å². The van der Waals surface area contributed by atoms with Gasteiger partial charge in [0.2, 0.25) is 0 Å². The predicted octanol–water partition coefficient (Wildman–Crippen LogP) is 2.83. The van der Waals surface area contributed by atoms with Crippen molar-refractivity contribution in [2.75, 3.05) is 33.4 Å². The molecule has 1 fully saturated rings. The van der Waals surface area contributed by atoms with E-state index in [2.05, 4.69) is 20.5 Å². The van der Waals surface area contributed by atoms with Crippen molar-refractivity contribution in [1.29, 1.82) is 0 Å². The standard InChI is InChI=1S/C27H32N4O5/c1-34-27(33)26-23-9-12-29(18-21-7-5-11-30(21)20-6-4-10-28-17-20)13-14-31(23)25(32)16-24(26)36-19-22-8-2-3-15-35-22/h4-7,10-11,16-17,22H,2-3,8-9,12-15,18-19H2,1H3/t22-/m0/s1. The van der Waals surface area contributed by atoms with Gasteiger partial charge in [0.05, 0.1) is 25.1 Å². The third-order valence-electron chi connectivity index (χ3n) is 6.92. The quantitative estimate of drug-likeness (QED) is 0.469. The number of aromatic nitrogens is 3. The average Bonchev–Trinajstić information content (AvgIpc) is 3.27. The fourth-order valence-electron chi connectivity index (χ4n) is 5.03. The number of carbonyl (C=O) groups excluding carboxylic acids is 1. The molecule has 1 saturated heterocycles. The summed E-state index contributed by atoms with van der Waals surface area (Å²) in [6, 6.07) is 9.48. The lowest BCUT2D eigenvalue weighted by atomic mass is 10.1. The molecular weight excluding hydrogens is 460 g/mol. The molecule has 2 aliphatic rings. The third kappa shape index (κ3) is 5.22. The molecule has 0 N–H and O–H groups in total. The van der Waals surface area contributed by atoms with Crippen molar-refractivity contribution < 1.29 is 19.0 Å². The summed E-state index contributed by atoms with van der Waals surface area (Å²) in [4.78, 5) is 32.5. The second-order valence-corrected chi connectivity index (χ2v) is 9.22. The molecule has 9 heteroatoms. The summed E-state index contributed by atoms with van der Waals surface area (Å²) >= 11 is 0. The first-order valence-corrected chi connectivity index (χ1v) is 12.5. The topological polar surface area (TPSA) is 87.8 Å². The highest BCUT2D eigenvalue weighted by Crippen LogP contribution is 2.26. The predicted molar refractivity (Wildman–Crippen MR) is 134 cm³/mol. The van der Waals surface area contributed by atoms with Gasteiger partial charge in [0.1, 0.15) is 17.9 Å². The number of esters is 1. The van der Waals surface area contributed by atoms with E-state index in [1.165, 1.54) is 13.2 Å². The molecule has 190 valence electrons. The minimum atomic E-state index is -0.489. The Balaban J connectivity index is 1.36. The van der Waals surface area contributed by atoms with Crippen LogP contribution in [0.4, 0.5) is 0 Å². The lowest BCUT2D eigenvalue weighted by molar-refractivity contribution is -0.0114. The molecular formula is C27H32N4O5.